The second kappa shape index (κ2) is 11.5. The molecule has 0 aromatic carbocycles. The molecule has 1 heterocycles. The van der Waals surface area contributed by atoms with Crippen molar-refractivity contribution in [1.82, 2.24) is 20.9 Å². The van der Waals surface area contributed by atoms with Gasteiger partial charge in [-0.05, 0) is 37.0 Å². The Balaban J connectivity index is 2.09. The number of urea groups is 1. The average molecular weight is 466 g/mol. The van der Waals surface area contributed by atoms with Crippen molar-refractivity contribution in [2.24, 2.45) is 17.1 Å². The predicted molar refractivity (Wildman–Crippen MR) is 123 cm³/mol. The van der Waals surface area contributed by atoms with Crippen LogP contribution in [-0.2, 0) is 19.2 Å². The minimum absolute atomic E-state index is 0.0593. The number of amides is 5. The Morgan fingerprint density at radius 1 is 1.06 bits per heavy atom. The zero-order valence-electron chi connectivity index (χ0n) is 20.2. The molecule has 33 heavy (non-hydrogen) atoms. The van der Waals surface area contributed by atoms with Gasteiger partial charge < -0.3 is 26.6 Å². The number of nitrogens with zero attached hydrogens (tertiary/aromatic N) is 1. The Kier molecular flexibility index (Phi) is 9.25. The maximum Gasteiger partial charge on any atom is 0.314 e. The summed E-state index contributed by atoms with van der Waals surface area (Å²) in [5, 5.41) is 8.07. The van der Waals surface area contributed by atoms with E-state index >= 15 is 0 Å². The van der Waals surface area contributed by atoms with Gasteiger partial charge in [0.05, 0.1) is 6.04 Å². The van der Waals surface area contributed by atoms with Crippen molar-refractivity contribution in [3.63, 3.8) is 0 Å². The van der Waals surface area contributed by atoms with Gasteiger partial charge in [-0.15, -0.1) is 0 Å². The molecule has 1 saturated heterocycles. The van der Waals surface area contributed by atoms with E-state index in [9.17, 15) is 24.0 Å². The molecule has 0 radical (unpaired) electrons. The summed E-state index contributed by atoms with van der Waals surface area (Å²) in [4.78, 5) is 63.5. The molecule has 5 N–H and O–H groups in total. The molecule has 2 fully saturated rings. The Bertz CT molecular complexity index is 764. The number of Topliss-reactive ketones (excluding diaryl/α,β-unsaturated/α-hetero) is 1. The van der Waals surface area contributed by atoms with Crippen LogP contribution >= 0.6 is 0 Å². The van der Waals surface area contributed by atoms with Crippen LogP contribution in [0.15, 0.2) is 0 Å². The van der Waals surface area contributed by atoms with Gasteiger partial charge in [-0.25, -0.2) is 4.79 Å². The van der Waals surface area contributed by atoms with Crippen LogP contribution in [0.5, 0.6) is 0 Å². The maximum atomic E-state index is 13.2. The second-order valence-corrected chi connectivity index (χ2v) is 9.89. The van der Waals surface area contributed by atoms with Crippen LogP contribution in [0.25, 0.3) is 0 Å². The molecule has 5 amide bonds. The van der Waals surface area contributed by atoms with E-state index in [0.717, 1.165) is 25.7 Å². The van der Waals surface area contributed by atoms with Gasteiger partial charge >= 0.3 is 6.03 Å². The normalized spacial score (nSPS) is 20.4. The highest BCUT2D eigenvalue weighted by Crippen LogP contribution is 2.31. The fraction of sp³-hybridized carbons (Fsp3) is 0.783. The lowest BCUT2D eigenvalue weighted by Gasteiger charge is -2.35. The third-order valence-electron chi connectivity index (χ3n) is 7.31. The number of ketones is 1. The lowest BCUT2D eigenvalue weighted by molar-refractivity contribution is -0.142. The predicted octanol–water partition coefficient (Wildman–Crippen LogP) is 0.831. The van der Waals surface area contributed by atoms with Gasteiger partial charge in [0, 0.05) is 26.1 Å². The number of hydrogen-bond donors (Lipinski definition) is 4. The Morgan fingerprint density at radius 2 is 1.73 bits per heavy atom. The summed E-state index contributed by atoms with van der Waals surface area (Å²) in [6.07, 6.45) is 5.31. The zero-order chi connectivity index (χ0) is 24.8. The summed E-state index contributed by atoms with van der Waals surface area (Å²) in [5.41, 5.74) is 4.86. The molecular formula is C23H39N5O5. The monoisotopic (exact) mass is 465 g/mol. The minimum Gasteiger partial charge on any atom is -0.363 e. The van der Waals surface area contributed by atoms with Crippen LogP contribution in [0.1, 0.15) is 72.1 Å². The number of primary amides is 1. The number of carbonyl (C=O) groups excluding carboxylic acids is 5. The SMILES string of the molecule is CCC(C)(C)C(CC(=O)N1CCC[C@H]1C(=O)NC(CC1CCC1)C(=O)C(N)=O)NC(=O)NC. The molecule has 2 aliphatic rings. The number of nitrogens with two attached hydrogens (primary N) is 1. The van der Waals surface area contributed by atoms with E-state index in [0.29, 0.717) is 25.8 Å². The van der Waals surface area contributed by atoms with Gasteiger partial charge in [-0.1, -0.05) is 40.0 Å². The lowest BCUT2D eigenvalue weighted by Crippen LogP contribution is -2.55. The standard InChI is InChI=1S/C23H39N5O5/c1-5-23(2,3)17(27-22(33)25-4)13-18(29)28-11-7-10-16(28)21(32)26-15(19(30)20(24)31)12-14-8-6-9-14/h14-17H,5-13H2,1-4H3,(H2,24,31)(H,26,32)(H2,25,27,33)/t15?,16-,17?/m0/s1. The van der Waals surface area contributed by atoms with E-state index in [1.807, 2.05) is 20.8 Å². The zero-order valence-corrected chi connectivity index (χ0v) is 20.2. The van der Waals surface area contributed by atoms with E-state index in [1.54, 1.807) is 0 Å². The molecule has 0 spiro atoms. The number of nitrogens with one attached hydrogen (secondary N) is 3. The van der Waals surface area contributed by atoms with Gasteiger partial charge in [-0.3, -0.25) is 19.2 Å². The maximum absolute atomic E-state index is 13.2. The molecule has 1 aliphatic heterocycles. The molecule has 0 bridgehead atoms. The van der Waals surface area contributed by atoms with E-state index in [4.69, 9.17) is 5.73 Å². The van der Waals surface area contributed by atoms with Gasteiger partial charge in [0.1, 0.15) is 6.04 Å². The van der Waals surface area contributed by atoms with Crippen molar-refractivity contribution in [2.45, 2.75) is 90.3 Å². The lowest BCUT2D eigenvalue weighted by atomic mass is 9.80. The van der Waals surface area contributed by atoms with Crippen molar-refractivity contribution in [3.05, 3.63) is 0 Å². The fourth-order valence-electron chi connectivity index (χ4n) is 4.36. The highest BCUT2D eigenvalue weighted by atomic mass is 16.2. The van der Waals surface area contributed by atoms with E-state index in [1.165, 1.54) is 11.9 Å². The first kappa shape index (κ1) is 26.6. The number of hydrogen-bond acceptors (Lipinski definition) is 5. The van der Waals surface area contributed by atoms with E-state index < -0.39 is 35.7 Å². The summed E-state index contributed by atoms with van der Waals surface area (Å²) in [7, 11) is 1.52. The van der Waals surface area contributed by atoms with Crippen LogP contribution in [0.2, 0.25) is 0 Å². The summed E-state index contributed by atoms with van der Waals surface area (Å²) in [6.45, 7) is 6.38. The third-order valence-corrected chi connectivity index (χ3v) is 7.31. The molecule has 3 atom stereocenters. The van der Waals surface area contributed by atoms with Crippen molar-refractivity contribution in [1.29, 1.82) is 0 Å². The van der Waals surface area contributed by atoms with Gasteiger partial charge in [0.15, 0.2) is 0 Å². The molecule has 0 aromatic rings. The quantitative estimate of drug-likeness (QED) is 0.333. The van der Waals surface area contributed by atoms with Crippen LogP contribution < -0.4 is 21.7 Å². The molecule has 186 valence electrons. The second-order valence-electron chi connectivity index (χ2n) is 9.89. The van der Waals surface area contributed by atoms with Crippen LogP contribution in [0.3, 0.4) is 0 Å². The molecule has 10 heteroatoms. The van der Waals surface area contributed by atoms with Crippen molar-refractivity contribution < 1.29 is 24.0 Å². The number of likely N-dealkylation sites (tertiary alicyclic amines) is 1. The van der Waals surface area contributed by atoms with Crippen molar-refractivity contribution in [2.75, 3.05) is 13.6 Å². The number of rotatable bonds is 11. The molecule has 0 aromatic heterocycles. The third kappa shape index (κ3) is 6.91. The van der Waals surface area contributed by atoms with E-state index in [2.05, 4.69) is 16.0 Å². The first-order valence-electron chi connectivity index (χ1n) is 11.9. The van der Waals surface area contributed by atoms with Crippen LogP contribution in [-0.4, -0.2) is 66.2 Å². The molecule has 1 saturated carbocycles. The van der Waals surface area contributed by atoms with Crippen molar-refractivity contribution in [3.8, 4) is 0 Å². The summed E-state index contributed by atoms with van der Waals surface area (Å²) in [5.74, 6) is -2.25. The molecule has 1 aliphatic carbocycles. The topological polar surface area (TPSA) is 151 Å². The number of carbonyl (C=O) groups is 5. The first-order chi connectivity index (χ1) is 15.5. The Labute approximate surface area is 195 Å². The highest BCUT2D eigenvalue weighted by Gasteiger charge is 2.39. The Hall–Kier alpha value is -2.65. The average Bonchev–Trinajstić information content (AvgIpc) is 3.24. The summed E-state index contributed by atoms with van der Waals surface area (Å²) < 4.78 is 0. The first-order valence-corrected chi connectivity index (χ1v) is 11.9. The van der Waals surface area contributed by atoms with Gasteiger partial charge in [0.25, 0.3) is 5.91 Å². The summed E-state index contributed by atoms with van der Waals surface area (Å²) >= 11 is 0. The smallest absolute Gasteiger partial charge is 0.314 e. The van der Waals surface area contributed by atoms with Crippen LogP contribution in [0.4, 0.5) is 4.79 Å². The summed E-state index contributed by atoms with van der Waals surface area (Å²) in [6, 6.07) is -2.46. The van der Waals surface area contributed by atoms with Crippen LogP contribution in [0, 0.1) is 11.3 Å². The molecule has 2 rings (SSSR count). The largest absolute Gasteiger partial charge is 0.363 e. The molecular weight excluding hydrogens is 426 g/mol. The van der Waals surface area contributed by atoms with Gasteiger partial charge in [0.2, 0.25) is 17.6 Å². The fourth-order valence-corrected chi connectivity index (χ4v) is 4.36. The Morgan fingerprint density at radius 3 is 2.24 bits per heavy atom. The highest BCUT2D eigenvalue weighted by molar-refractivity contribution is 6.37. The molecule has 2 unspecified atom stereocenters. The van der Waals surface area contributed by atoms with E-state index in [-0.39, 0.29) is 29.7 Å². The minimum atomic E-state index is -1.07. The van der Waals surface area contributed by atoms with Crippen molar-refractivity contribution >= 4 is 29.5 Å². The molecule has 10 nitrogen and oxygen atoms in total. The van der Waals surface area contributed by atoms with Gasteiger partial charge in [-0.2, -0.15) is 0 Å².